The predicted molar refractivity (Wildman–Crippen MR) is 131 cm³/mol. The molecule has 4 heteroatoms. The van der Waals surface area contributed by atoms with Crippen LogP contribution < -0.4 is 4.74 Å². The third-order valence-corrected chi connectivity index (χ3v) is 6.29. The van der Waals surface area contributed by atoms with E-state index in [-0.39, 0.29) is 0 Å². The lowest BCUT2D eigenvalue weighted by atomic mass is 10.1. The van der Waals surface area contributed by atoms with Crippen molar-refractivity contribution in [2.45, 2.75) is 77.7 Å². The monoisotopic (exact) mass is 417 g/mol. The van der Waals surface area contributed by atoms with Crippen molar-refractivity contribution in [2.75, 3.05) is 7.11 Å². The Bertz CT molecular complexity index is 1130. The summed E-state index contributed by atoms with van der Waals surface area (Å²) in [5, 5.41) is 1.12. The molecule has 2 heterocycles. The van der Waals surface area contributed by atoms with Crippen LogP contribution in [0.25, 0.3) is 33.1 Å². The van der Waals surface area contributed by atoms with Gasteiger partial charge in [-0.1, -0.05) is 76.8 Å². The fraction of sp³-hybridized carbons (Fsp3) is 0.481. The minimum Gasteiger partial charge on any atom is -0.497 e. The summed E-state index contributed by atoms with van der Waals surface area (Å²) in [6.45, 7) is 3.26. The van der Waals surface area contributed by atoms with Crippen LogP contribution in [0.1, 0.15) is 71.1 Å². The Morgan fingerprint density at radius 1 is 0.774 bits per heavy atom. The van der Waals surface area contributed by atoms with Crippen molar-refractivity contribution in [3.05, 3.63) is 42.5 Å². The minimum atomic E-state index is 0.862. The van der Waals surface area contributed by atoms with Gasteiger partial charge in [-0.15, -0.1) is 0 Å². The predicted octanol–water partition coefficient (Wildman–Crippen LogP) is 7.67. The van der Waals surface area contributed by atoms with Gasteiger partial charge in [0, 0.05) is 11.9 Å². The maximum absolute atomic E-state index is 5.48. The maximum atomic E-state index is 5.48. The molecule has 4 nitrogen and oxygen atoms in total. The number of rotatable bonds is 12. The highest BCUT2D eigenvalue weighted by atomic mass is 16.5. The highest BCUT2D eigenvalue weighted by Gasteiger charge is 2.15. The van der Waals surface area contributed by atoms with E-state index in [0.29, 0.717) is 0 Å². The third kappa shape index (κ3) is 5.00. The standard InChI is InChI=1S/C27H35N3O/c1-3-4-5-6-7-8-9-10-11-14-19-30-25-18-17-21(31-2)20-22(25)26-27(30)29-24-16-13-12-15-23(24)28-26/h12-13,15-18,20H,3-11,14,19H2,1-2H3. The van der Waals surface area contributed by atoms with E-state index in [1.165, 1.54) is 69.7 Å². The molecule has 4 rings (SSSR count). The number of unbranched alkanes of at least 4 members (excludes halogenated alkanes) is 9. The number of nitrogens with zero attached hydrogens (tertiary/aromatic N) is 3. The van der Waals surface area contributed by atoms with Crippen LogP contribution in [0.5, 0.6) is 5.75 Å². The fourth-order valence-electron chi connectivity index (χ4n) is 4.52. The van der Waals surface area contributed by atoms with Crippen LogP contribution in [0, 0.1) is 0 Å². The number of para-hydroxylation sites is 2. The van der Waals surface area contributed by atoms with Gasteiger partial charge in [-0.25, -0.2) is 9.97 Å². The Hall–Kier alpha value is -2.62. The number of ether oxygens (including phenoxy) is 1. The molecule has 0 saturated heterocycles. The first-order valence-electron chi connectivity index (χ1n) is 12.0. The van der Waals surface area contributed by atoms with Crippen LogP contribution >= 0.6 is 0 Å². The fourth-order valence-corrected chi connectivity index (χ4v) is 4.52. The maximum Gasteiger partial charge on any atom is 0.160 e. The normalized spacial score (nSPS) is 11.7. The third-order valence-electron chi connectivity index (χ3n) is 6.29. The molecular weight excluding hydrogens is 382 g/mol. The van der Waals surface area contributed by atoms with E-state index in [2.05, 4.69) is 23.6 Å². The molecule has 0 saturated carbocycles. The van der Waals surface area contributed by atoms with Crippen LogP contribution in [-0.4, -0.2) is 21.6 Å². The van der Waals surface area contributed by atoms with Crippen molar-refractivity contribution >= 4 is 33.1 Å². The Kier molecular flexibility index (Phi) is 7.39. The molecule has 0 unspecified atom stereocenters. The summed E-state index contributed by atoms with van der Waals surface area (Å²) < 4.78 is 7.83. The SMILES string of the molecule is CCCCCCCCCCCCn1c2ccc(OC)cc2c2nc3ccccc3nc21. The van der Waals surface area contributed by atoms with Gasteiger partial charge in [-0.2, -0.15) is 0 Å². The Morgan fingerprint density at radius 2 is 1.42 bits per heavy atom. The summed E-state index contributed by atoms with van der Waals surface area (Å²) in [5.41, 5.74) is 5.05. The second-order valence-electron chi connectivity index (χ2n) is 8.60. The zero-order chi connectivity index (χ0) is 21.5. The van der Waals surface area contributed by atoms with E-state index in [9.17, 15) is 0 Å². The van der Waals surface area contributed by atoms with Gasteiger partial charge in [-0.05, 0) is 36.8 Å². The molecule has 0 aliphatic rings. The summed E-state index contributed by atoms with van der Waals surface area (Å²) in [6.07, 6.45) is 13.5. The lowest BCUT2D eigenvalue weighted by molar-refractivity contribution is 0.415. The summed E-state index contributed by atoms with van der Waals surface area (Å²) in [7, 11) is 1.71. The van der Waals surface area contributed by atoms with E-state index >= 15 is 0 Å². The van der Waals surface area contributed by atoms with E-state index < -0.39 is 0 Å². The zero-order valence-corrected chi connectivity index (χ0v) is 19.1. The molecule has 0 atom stereocenters. The first-order valence-corrected chi connectivity index (χ1v) is 12.0. The van der Waals surface area contributed by atoms with Crippen molar-refractivity contribution in [3.8, 4) is 5.75 Å². The molecular formula is C27H35N3O. The van der Waals surface area contributed by atoms with E-state index in [0.717, 1.165) is 39.9 Å². The summed E-state index contributed by atoms with van der Waals surface area (Å²) in [5.74, 6) is 0.862. The zero-order valence-electron chi connectivity index (χ0n) is 19.1. The number of benzene rings is 2. The number of fused-ring (bicyclic) bond motifs is 4. The lowest BCUT2D eigenvalue weighted by Gasteiger charge is -2.08. The molecule has 0 bridgehead atoms. The molecule has 4 aromatic rings. The van der Waals surface area contributed by atoms with Crippen molar-refractivity contribution < 1.29 is 4.74 Å². The van der Waals surface area contributed by atoms with E-state index in [4.69, 9.17) is 14.7 Å². The van der Waals surface area contributed by atoms with Gasteiger partial charge in [0.25, 0.3) is 0 Å². The first-order chi connectivity index (χ1) is 15.3. The smallest absolute Gasteiger partial charge is 0.160 e. The summed E-state index contributed by atoms with van der Waals surface area (Å²) in [4.78, 5) is 9.96. The number of aromatic nitrogens is 3. The Balaban J connectivity index is 1.47. The number of hydrogen-bond donors (Lipinski definition) is 0. The van der Waals surface area contributed by atoms with Crippen molar-refractivity contribution in [3.63, 3.8) is 0 Å². The van der Waals surface area contributed by atoms with Gasteiger partial charge in [0.1, 0.15) is 11.3 Å². The number of hydrogen-bond acceptors (Lipinski definition) is 3. The van der Waals surface area contributed by atoms with Crippen LogP contribution in [0.3, 0.4) is 0 Å². The average molecular weight is 418 g/mol. The van der Waals surface area contributed by atoms with Crippen molar-refractivity contribution in [1.82, 2.24) is 14.5 Å². The average Bonchev–Trinajstić information content (AvgIpc) is 3.10. The number of aryl methyl sites for hydroxylation is 1. The summed E-state index contributed by atoms with van der Waals surface area (Å²) >= 11 is 0. The highest BCUT2D eigenvalue weighted by Crippen LogP contribution is 2.31. The van der Waals surface area contributed by atoms with Crippen LogP contribution in [0.15, 0.2) is 42.5 Å². The Morgan fingerprint density at radius 3 is 2.10 bits per heavy atom. The molecule has 0 fully saturated rings. The van der Waals surface area contributed by atoms with Crippen LogP contribution in [-0.2, 0) is 6.54 Å². The van der Waals surface area contributed by atoms with Crippen LogP contribution in [0.4, 0.5) is 0 Å². The summed E-state index contributed by atoms with van der Waals surface area (Å²) in [6, 6.07) is 14.4. The van der Waals surface area contributed by atoms with Gasteiger partial charge in [0.05, 0.1) is 23.7 Å². The minimum absolute atomic E-state index is 0.862. The quantitative estimate of drug-likeness (QED) is 0.222. The molecule has 0 aliphatic carbocycles. The lowest BCUT2D eigenvalue weighted by Crippen LogP contribution is -2.00. The largest absolute Gasteiger partial charge is 0.497 e. The topological polar surface area (TPSA) is 39.9 Å². The molecule has 0 aliphatic heterocycles. The molecule has 0 radical (unpaired) electrons. The second-order valence-corrected chi connectivity index (χ2v) is 8.60. The first kappa shape index (κ1) is 21.6. The van der Waals surface area contributed by atoms with E-state index in [1.54, 1.807) is 7.11 Å². The molecule has 31 heavy (non-hydrogen) atoms. The molecule has 2 aromatic heterocycles. The van der Waals surface area contributed by atoms with Gasteiger partial charge in [-0.3, -0.25) is 0 Å². The van der Waals surface area contributed by atoms with Crippen molar-refractivity contribution in [1.29, 1.82) is 0 Å². The van der Waals surface area contributed by atoms with Crippen molar-refractivity contribution in [2.24, 2.45) is 0 Å². The van der Waals surface area contributed by atoms with Gasteiger partial charge < -0.3 is 9.30 Å². The second kappa shape index (κ2) is 10.6. The van der Waals surface area contributed by atoms with Gasteiger partial charge >= 0.3 is 0 Å². The van der Waals surface area contributed by atoms with Gasteiger partial charge in [0.2, 0.25) is 0 Å². The number of methoxy groups -OCH3 is 1. The molecule has 0 N–H and O–H groups in total. The van der Waals surface area contributed by atoms with Crippen LogP contribution in [0.2, 0.25) is 0 Å². The Labute approximate surface area is 185 Å². The highest BCUT2D eigenvalue weighted by molar-refractivity contribution is 6.06. The molecule has 164 valence electrons. The van der Waals surface area contributed by atoms with E-state index in [1.807, 2.05) is 30.3 Å². The molecule has 0 amide bonds. The molecule has 0 spiro atoms. The van der Waals surface area contributed by atoms with Gasteiger partial charge in [0.15, 0.2) is 5.65 Å². The molecule has 2 aromatic carbocycles.